The summed E-state index contributed by atoms with van der Waals surface area (Å²) in [5.74, 6) is -0.364. The first-order valence-corrected chi connectivity index (χ1v) is 9.09. The highest BCUT2D eigenvalue weighted by Gasteiger charge is 2.24. The van der Waals surface area contributed by atoms with Crippen molar-refractivity contribution < 1.29 is 9.59 Å². The first kappa shape index (κ1) is 17.9. The number of nitrogens with one attached hydrogen (secondary N) is 1. The Morgan fingerprint density at radius 1 is 0.808 bits per heavy atom. The molecule has 0 unspecified atom stereocenters. The molecule has 0 atom stereocenters. The second kappa shape index (κ2) is 8.48. The lowest BCUT2D eigenvalue weighted by molar-refractivity contribution is -0.128. The van der Waals surface area contributed by atoms with E-state index in [0.717, 1.165) is 43.5 Å². The maximum atomic E-state index is 13.1. The molecule has 4 nitrogen and oxygen atoms in total. The van der Waals surface area contributed by atoms with E-state index in [1.807, 2.05) is 60.4 Å². The molecule has 2 amide bonds. The van der Waals surface area contributed by atoms with E-state index in [-0.39, 0.29) is 11.8 Å². The Labute approximate surface area is 154 Å². The van der Waals surface area contributed by atoms with Gasteiger partial charge in [0.15, 0.2) is 0 Å². The van der Waals surface area contributed by atoms with Gasteiger partial charge in [-0.2, -0.15) is 0 Å². The molecule has 1 aliphatic rings. The topological polar surface area (TPSA) is 49.4 Å². The maximum Gasteiger partial charge on any atom is 0.270 e. The molecule has 134 valence electrons. The summed E-state index contributed by atoms with van der Waals surface area (Å²) in [7, 11) is 0. The summed E-state index contributed by atoms with van der Waals surface area (Å²) >= 11 is 0. The van der Waals surface area contributed by atoms with Gasteiger partial charge < -0.3 is 10.2 Å². The van der Waals surface area contributed by atoms with E-state index in [1.165, 1.54) is 0 Å². The SMILES string of the molecule is C/C(=C(/NC(=O)c1ccccc1)C(=O)N1CCCCC1)c1ccccc1. The van der Waals surface area contributed by atoms with E-state index in [2.05, 4.69) is 5.32 Å². The van der Waals surface area contributed by atoms with Crippen LogP contribution in [0.25, 0.3) is 5.57 Å². The number of carbonyl (C=O) groups excluding carboxylic acids is 2. The Hall–Kier alpha value is -2.88. The van der Waals surface area contributed by atoms with Crippen LogP contribution in [-0.4, -0.2) is 29.8 Å². The van der Waals surface area contributed by atoms with Gasteiger partial charge in [-0.25, -0.2) is 0 Å². The molecular weight excluding hydrogens is 324 g/mol. The monoisotopic (exact) mass is 348 g/mol. The van der Waals surface area contributed by atoms with Crippen LogP contribution in [0.15, 0.2) is 66.4 Å². The Morgan fingerprint density at radius 3 is 1.92 bits per heavy atom. The van der Waals surface area contributed by atoms with Gasteiger partial charge >= 0.3 is 0 Å². The van der Waals surface area contributed by atoms with E-state index >= 15 is 0 Å². The first-order valence-electron chi connectivity index (χ1n) is 9.09. The summed E-state index contributed by atoms with van der Waals surface area (Å²) in [6.07, 6.45) is 3.17. The summed E-state index contributed by atoms with van der Waals surface area (Å²) in [5.41, 5.74) is 2.62. The van der Waals surface area contributed by atoms with E-state index in [4.69, 9.17) is 0 Å². The summed E-state index contributed by atoms with van der Waals surface area (Å²) < 4.78 is 0. The van der Waals surface area contributed by atoms with Crippen LogP contribution in [0.1, 0.15) is 42.1 Å². The predicted molar refractivity (Wildman–Crippen MR) is 103 cm³/mol. The van der Waals surface area contributed by atoms with Crippen molar-refractivity contribution in [2.24, 2.45) is 0 Å². The minimum Gasteiger partial charge on any atom is -0.337 e. The van der Waals surface area contributed by atoms with Gasteiger partial charge in [0.05, 0.1) is 0 Å². The molecule has 0 aromatic heterocycles. The molecule has 1 aliphatic heterocycles. The summed E-state index contributed by atoms with van der Waals surface area (Å²) in [5, 5.41) is 2.88. The molecule has 1 N–H and O–H groups in total. The van der Waals surface area contributed by atoms with Gasteiger partial charge in [-0.15, -0.1) is 0 Å². The van der Waals surface area contributed by atoms with Crippen LogP contribution in [0.2, 0.25) is 0 Å². The number of carbonyl (C=O) groups is 2. The molecule has 1 heterocycles. The molecule has 0 saturated carbocycles. The zero-order valence-corrected chi connectivity index (χ0v) is 15.1. The summed E-state index contributed by atoms with van der Waals surface area (Å²) in [6, 6.07) is 18.7. The molecule has 0 spiro atoms. The number of allylic oxidation sites excluding steroid dienone is 1. The number of amides is 2. The fraction of sp³-hybridized carbons (Fsp3) is 0.273. The van der Waals surface area contributed by atoms with Crippen LogP contribution >= 0.6 is 0 Å². The lowest BCUT2D eigenvalue weighted by Gasteiger charge is -2.28. The number of benzene rings is 2. The van der Waals surface area contributed by atoms with Gasteiger partial charge in [-0.3, -0.25) is 9.59 Å². The Bertz CT molecular complexity index is 791. The summed E-state index contributed by atoms with van der Waals surface area (Å²) in [6.45, 7) is 3.37. The van der Waals surface area contributed by atoms with E-state index in [0.29, 0.717) is 11.3 Å². The standard InChI is InChI=1S/C22H24N2O2/c1-17(18-11-5-2-6-12-18)20(22(26)24-15-9-4-10-16-24)23-21(25)19-13-7-3-8-14-19/h2-3,5-8,11-14H,4,9-10,15-16H2,1H3,(H,23,25)/b20-17-. The second-order valence-corrected chi connectivity index (χ2v) is 6.54. The predicted octanol–water partition coefficient (Wildman–Crippen LogP) is 3.86. The fourth-order valence-electron chi connectivity index (χ4n) is 3.17. The molecule has 2 aromatic rings. The highest BCUT2D eigenvalue weighted by molar-refractivity contribution is 6.07. The van der Waals surface area contributed by atoms with Crippen molar-refractivity contribution in [3.8, 4) is 0 Å². The molecule has 1 fully saturated rings. The Morgan fingerprint density at radius 2 is 1.35 bits per heavy atom. The van der Waals surface area contributed by atoms with Crippen LogP contribution in [0.5, 0.6) is 0 Å². The molecule has 0 bridgehead atoms. The molecule has 0 radical (unpaired) electrons. The van der Waals surface area contributed by atoms with Gasteiger partial charge in [-0.1, -0.05) is 48.5 Å². The molecule has 4 heteroatoms. The lowest BCUT2D eigenvalue weighted by atomic mass is 10.0. The van der Waals surface area contributed by atoms with Gasteiger partial charge in [0.25, 0.3) is 11.8 Å². The van der Waals surface area contributed by atoms with Crippen LogP contribution in [0.4, 0.5) is 0 Å². The summed E-state index contributed by atoms with van der Waals surface area (Å²) in [4.78, 5) is 27.6. The van der Waals surface area contributed by atoms with Crippen molar-refractivity contribution in [1.82, 2.24) is 10.2 Å². The van der Waals surface area contributed by atoms with Gasteiger partial charge in [-0.05, 0) is 49.5 Å². The van der Waals surface area contributed by atoms with Gasteiger partial charge in [0.1, 0.15) is 5.70 Å². The third kappa shape index (κ3) is 4.20. The fourth-order valence-corrected chi connectivity index (χ4v) is 3.17. The van der Waals surface area contributed by atoms with E-state index < -0.39 is 0 Å². The minimum absolute atomic E-state index is 0.102. The number of hydrogen-bond acceptors (Lipinski definition) is 2. The third-order valence-electron chi connectivity index (χ3n) is 4.71. The highest BCUT2D eigenvalue weighted by atomic mass is 16.2. The van der Waals surface area contributed by atoms with Crippen molar-refractivity contribution in [2.75, 3.05) is 13.1 Å². The smallest absolute Gasteiger partial charge is 0.270 e. The zero-order valence-electron chi connectivity index (χ0n) is 15.1. The number of rotatable bonds is 4. The van der Waals surface area contributed by atoms with E-state index in [9.17, 15) is 9.59 Å². The van der Waals surface area contributed by atoms with Crippen molar-refractivity contribution in [1.29, 1.82) is 0 Å². The van der Waals surface area contributed by atoms with Crippen molar-refractivity contribution >= 4 is 17.4 Å². The number of nitrogens with zero attached hydrogens (tertiary/aromatic N) is 1. The molecule has 1 saturated heterocycles. The van der Waals surface area contributed by atoms with Gasteiger partial charge in [0.2, 0.25) is 0 Å². The molecule has 3 rings (SSSR count). The second-order valence-electron chi connectivity index (χ2n) is 6.54. The average molecular weight is 348 g/mol. The molecular formula is C22H24N2O2. The van der Waals surface area contributed by atoms with Crippen LogP contribution in [0, 0.1) is 0 Å². The van der Waals surface area contributed by atoms with Crippen LogP contribution in [0.3, 0.4) is 0 Å². The van der Waals surface area contributed by atoms with Crippen molar-refractivity contribution in [3.63, 3.8) is 0 Å². The third-order valence-corrected chi connectivity index (χ3v) is 4.71. The molecule has 2 aromatic carbocycles. The number of piperidine rings is 1. The highest BCUT2D eigenvalue weighted by Crippen LogP contribution is 2.20. The Balaban J connectivity index is 1.93. The minimum atomic E-state index is -0.263. The zero-order chi connectivity index (χ0) is 18.4. The molecule has 26 heavy (non-hydrogen) atoms. The van der Waals surface area contributed by atoms with Crippen molar-refractivity contribution in [3.05, 3.63) is 77.5 Å². The number of hydrogen-bond donors (Lipinski definition) is 1. The molecule has 0 aliphatic carbocycles. The quantitative estimate of drug-likeness (QED) is 0.853. The number of likely N-dealkylation sites (tertiary alicyclic amines) is 1. The lowest BCUT2D eigenvalue weighted by Crippen LogP contribution is -2.41. The normalized spacial score (nSPS) is 15.2. The largest absolute Gasteiger partial charge is 0.337 e. The first-order chi connectivity index (χ1) is 12.7. The van der Waals surface area contributed by atoms with Gasteiger partial charge in [0, 0.05) is 18.7 Å². The average Bonchev–Trinajstić information content (AvgIpc) is 2.73. The van der Waals surface area contributed by atoms with Crippen LogP contribution < -0.4 is 5.32 Å². The van der Waals surface area contributed by atoms with Crippen molar-refractivity contribution in [2.45, 2.75) is 26.2 Å². The maximum absolute atomic E-state index is 13.1. The van der Waals surface area contributed by atoms with E-state index in [1.54, 1.807) is 12.1 Å². The Kier molecular flexibility index (Phi) is 5.84. The van der Waals surface area contributed by atoms with Crippen LogP contribution in [-0.2, 0) is 4.79 Å².